The van der Waals surface area contributed by atoms with Crippen LogP contribution in [0.3, 0.4) is 0 Å². The van der Waals surface area contributed by atoms with Gasteiger partial charge in [0.2, 0.25) is 10.0 Å². The lowest BCUT2D eigenvalue weighted by Gasteiger charge is -2.00. The molecule has 14 heavy (non-hydrogen) atoms. The number of hydrogen-bond acceptors (Lipinski definition) is 3. The number of carbonyl (C=O) groups is 1. The van der Waals surface area contributed by atoms with Crippen LogP contribution in [-0.4, -0.2) is 24.4 Å². The highest BCUT2D eigenvalue weighted by Gasteiger charge is 2.13. The van der Waals surface area contributed by atoms with Gasteiger partial charge in [-0.15, -0.1) is 0 Å². The van der Waals surface area contributed by atoms with Crippen LogP contribution in [0.25, 0.3) is 0 Å². The van der Waals surface area contributed by atoms with Gasteiger partial charge in [-0.1, -0.05) is 13.8 Å². The molecule has 1 aromatic rings. The minimum Gasteiger partial charge on any atom is -0.294 e. The van der Waals surface area contributed by atoms with Gasteiger partial charge in [-0.2, -0.15) is 0 Å². The van der Waals surface area contributed by atoms with Gasteiger partial charge >= 0.3 is 0 Å². The highest BCUT2D eigenvalue weighted by Crippen LogP contribution is 2.10. The minimum absolute atomic E-state index is 0.0487. The second kappa shape index (κ2) is 3.57. The molecule has 0 saturated heterocycles. The fourth-order valence-electron chi connectivity index (χ4n) is 1.06. The van der Waals surface area contributed by atoms with Crippen molar-refractivity contribution in [1.82, 2.24) is 3.97 Å². The third-order valence-electron chi connectivity index (χ3n) is 1.86. The number of Topliss-reactive ketones (excluding diaryl/α,β-unsaturated/α-hetero) is 1. The van der Waals surface area contributed by atoms with Crippen molar-refractivity contribution < 1.29 is 13.2 Å². The van der Waals surface area contributed by atoms with Crippen molar-refractivity contribution in [3.05, 3.63) is 24.0 Å². The van der Waals surface area contributed by atoms with Crippen LogP contribution in [0.5, 0.6) is 0 Å². The number of aromatic nitrogens is 1. The third kappa shape index (κ3) is 2.23. The molecular formula is C9H13NO3S. The third-order valence-corrected chi connectivity index (χ3v) is 2.85. The van der Waals surface area contributed by atoms with Gasteiger partial charge in [-0.25, -0.2) is 8.42 Å². The number of nitrogens with zero attached hydrogens (tertiary/aromatic N) is 1. The van der Waals surface area contributed by atoms with E-state index in [0.29, 0.717) is 5.56 Å². The van der Waals surface area contributed by atoms with E-state index in [2.05, 4.69) is 0 Å². The topological polar surface area (TPSA) is 56.1 Å². The summed E-state index contributed by atoms with van der Waals surface area (Å²) in [6, 6.07) is 1.52. The first-order valence-electron chi connectivity index (χ1n) is 4.25. The molecule has 5 heteroatoms. The summed E-state index contributed by atoms with van der Waals surface area (Å²) in [6.07, 6.45) is 3.82. The number of ketones is 1. The summed E-state index contributed by atoms with van der Waals surface area (Å²) in [6.45, 7) is 3.56. The Bertz CT molecular complexity index is 442. The molecule has 4 nitrogen and oxygen atoms in total. The van der Waals surface area contributed by atoms with Crippen molar-refractivity contribution in [1.29, 1.82) is 0 Å². The molecule has 0 fully saturated rings. The maximum absolute atomic E-state index is 11.5. The molecule has 0 unspecified atom stereocenters. The van der Waals surface area contributed by atoms with E-state index in [0.717, 1.165) is 10.2 Å². The van der Waals surface area contributed by atoms with E-state index in [-0.39, 0.29) is 11.7 Å². The van der Waals surface area contributed by atoms with Crippen molar-refractivity contribution >= 4 is 15.8 Å². The Morgan fingerprint density at radius 2 is 2.00 bits per heavy atom. The van der Waals surface area contributed by atoms with Crippen LogP contribution in [-0.2, 0) is 10.0 Å². The molecule has 1 aromatic heterocycles. The van der Waals surface area contributed by atoms with Crippen molar-refractivity contribution in [3.63, 3.8) is 0 Å². The Morgan fingerprint density at radius 3 is 2.36 bits per heavy atom. The molecule has 0 N–H and O–H groups in total. The van der Waals surface area contributed by atoms with Crippen molar-refractivity contribution in [2.45, 2.75) is 13.8 Å². The van der Waals surface area contributed by atoms with E-state index in [4.69, 9.17) is 0 Å². The Kier molecular flexibility index (Phi) is 2.80. The Morgan fingerprint density at radius 1 is 1.43 bits per heavy atom. The normalized spacial score (nSPS) is 12.0. The van der Waals surface area contributed by atoms with Crippen LogP contribution in [0.4, 0.5) is 0 Å². The molecule has 0 aliphatic carbocycles. The maximum atomic E-state index is 11.5. The fourth-order valence-corrected chi connectivity index (χ4v) is 1.65. The van der Waals surface area contributed by atoms with Crippen LogP contribution in [0, 0.1) is 5.92 Å². The second-order valence-electron chi connectivity index (χ2n) is 3.51. The summed E-state index contributed by atoms with van der Waals surface area (Å²) in [5.41, 5.74) is 0.436. The number of rotatable bonds is 3. The van der Waals surface area contributed by atoms with E-state index in [1.54, 1.807) is 13.8 Å². The highest BCUT2D eigenvalue weighted by molar-refractivity contribution is 7.89. The summed E-state index contributed by atoms with van der Waals surface area (Å²) in [5.74, 6) is -0.169. The van der Waals surface area contributed by atoms with Crippen molar-refractivity contribution in [3.8, 4) is 0 Å². The Labute approximate surface area is 83.6 Å². The monoisotopic (exact) mass is 215 g/mol. The molecule has 0 bridgehead atoms. The molecule has 78 valence electrons. The number of carbonyl (C=O) groups excluding carboxylic acids is 1. The van der Waals surface area contributed by atoms with Gasteiger partial charge < -0.3 is 0 Å². The van der Waals surface area contributed by atoms with E-state index in [9.17, 15) is 13.2 Å². The highest BCUT2D eigenvalue weighted by atomic mass is 32.2. The molecule has 0 aliphatic rings. The zero-order valence-corrected chi connectivity index (χ0v) is 9.21. The van der Waals surface area contributed by atoms with Crippen LogP contribution in [0.15, 0.2) is 18.5 Å². The van der Waals surface area contributed by atoms with Gasteiger partial charge in [0.15, 0.2) is 5.78 Å². The van der Waals surface area contributed by atoms with Crippen LogP contribution >= 0.6 is 0 Å². The van der Waals surface area contributed by atoms with Crippen LogP contribution < -0.4 is 0 Å². The van der Waals surface area contributed by atoms with Gasteiger partial charge in [0.05, 0.1) is 6.26 Å². The van der Waals surface area contributed by atoms with Gasteiger partial charge in [-0.05, 0) is 6.07 Å². The predicted octanol–water partition coefficient (Wildman–Crippen LogP) is 1.13. The summed E-state index contributed by atoms with van der Waals surface area (Å²) >= 11 is 0. The van der Waals surface area contributed by atoms with E-state index < -0.39 is 10.0 Å². The molecule has 0 aromatic carbocycles. The molecule has 0 amide bonds. The SMILES string of the molecule is CC(C)C(=O)c1ccn(S(C)(=O)=O)c1. The minimum atomic E-state index is -3.28. The predicted molar refractivity (Wildman–Crippen MR) is 53.8 cm³/mol. The fraction of sp³-hybridized carbons (Fsp3) is 0.444. The molecule has 0 atom stereocenters. The zero-order valence-electron chi connectivity index (χ0n) is 8.39. The van der Waals surface area contributed by atoms with Crippen molar-refractivity contribution in [2.75, 3.05) is 6.26 Å². The van der Waals surface area contributed by atoms with E-state index in [1.165, 1.54) is 18.5 Å². The molecule has 0 spiro atoms. The van der Waals surface area contributed by atoms with Gasteiger partial charge in [0, 0.05) is 23.9 Å². The molecule has 0 radical (unpaired) electrons. The Balaban J connectivity index is 3.07. The first-order valence-corrected chi connectivity index (χ1v) is 6.10. The molecular weight excluding hydrogens is 202 g/mol. The average molecular weight is 215 g/mol. The molecule has 0 saturated carbocycles. The van der Waals surface area contributed by atoms with Crippen LogP contribution in [0.1, 0.15) is 24.2 Å². The van der Waals surface area contributed by atoms with E-state index in [1.807, 2.05) is 0 Å². The Hall–Kier alpha value is -1.10. The van der Waals surface area contributed by atoms with Crippen LogP contribution in [0.2, 0.25) is 0 Å². The maximum Gasteiger partial charge on any atom is 0.235 e. The molecule has 1 rings (SSSR count). The van der Waals surface area contributed by atoms with Crippen molar-refractivity contribution in [2.24, 2.45) is 5.92 Å². The second-order valence-corrected chi connectivity index (χ2v) is 5.40. The average Bonchev–Trinajstić information content (AvgIpc) is 2.49. The van der Waals surface area contributed by atoms with Gasteiger partial charge in [0.25, 0.3) is 0 Å². The summed E-state index contributed by atoms with van der Waals surface area (Å²) in [7, 11) is -3.28. The smallest absolute Gasteiger partial charge is 0.235 e. The molecule has 1 heterocycles. The number of hydrogen-bond donors (Lipinski definition) is 0. The molecule has 0 aliphatic heterocycles. The standard InChI is InChI=1S/C9H13NO3S/c1-7(2)9(11)8-4-5-10(6-8)14(3,12)13/h4-7H,1-3H3. The lowest BCUT2D eigenvalue weighted by atomic mass is 10.0. The summed E-state index contributed by atoms with van der Waals surface area (Å²) < 4.78 is 23.2. The van der Waals surface area contributed by atoms with Gasteiger partial charge in [-0.3, -0.25) is 8.77 Å². The van der Waals surface area contributed by atoms with E-state index >= 15 is 0 Å². The summed E-state index contributed by atoms with van der Waals surface area (Å²) in [5, 5.41) is 0. The first kappa shape index (κ1) is 11.0. The largest absolute Gasteiger partial charge is 0.294 e. The summed E-state index contributed by atoms with van der Waals surface area (Å²) in [4.78, 5) is 11.5. The lowest BCUT2D eigenvalue weighted by molar-refractivity contribution is 0.0939. The quantitative estimate of drug-likeness (QED) is 0.710. The first-order chi connectivity index (χ1) is 6.32. The zero-order chi connectivity index (χ0) is 10.9. The van der Waals surface area contributed by atoms with Gasteiger partial charge in [0.1, 0.15) is 0 Å². The lowest BCUT2D eigenvalue weighted by Crippen LogP contribution is -2.09.